The molecule has 0 spiro atoms. The summed E-state index contributed by atoms with van der Waals surface area (Å²) in [6, 6.07) is 2.01. The maximum absolute atomic E-state index is 13.2. The van der Waals surface area contributed by atoms with E-state index in [1.165, 1.54) is 0 Å². The van der Waals surface area contributed by atoms with Gasteiger partial charge in [0.2, 0.25) is 0 Å². The molecule has 0 amide bonds. The van der Waals surface area contributed by atoms with Gasteiger partial charge in [0.05, 0.1) is 10.6 Å². The molecule has 1 aromatic carbocycles. The molecule has 0 aliphatic heterocycles. The van der Waals surface area contributed by atoms with Gasteiger partial charge in [-0.15, -0.1) is 11.8 Å². The lowest BCUT2D eigenvalue weighted by molar-refractivity contribution is 0.542. The van der Waals surface area contributed by atoms with Gasteiger partial charge in [0, 0.05) is 17.7 Å². The van der Waals surface area contributed by atoms with Crippen molar-refractivity contribution < 1.29 is 17.2 Å². The molecule has 3 nitrogen and oxygen atoms in total. The molecule has 7 heteroatoms. The molecular weight excluding hydrogens is 256 g/mol. The number of thioether (sulfide) groups is 1. The van der Waals surface area contributed by atoms with Crippen molar-refractivity contribution in [1.82, 2.24) is 0 Å². The van der Waals surface area contributed by atoms with Gasteiger partial charge in [0.1, 0.15) is 21.5 Å². The van der Waals surface area contributed by atoms with Crippen LogP contribution in [0.4, 0.5) is 14.5 Å². The molecule has 16 heavy (non-hydrogen) atoms. The summed E-state index contributed by atoms with van der Waals surface area (Å²) in [5.41, 5.74) is 5.24. The zero-order chi connectivity index (χ0) is 12.3. The number of hydrogen-bond donors (Lipinski definition) is 1. The van der Waals surface area contributed by atoms with Gasteiger partial charge in [-0.2, -0.15) is 0 Å². The van der Waals surface area contributed by atoms with Crippen LogP contribution in [0.2, 0.25) is 0 Å². The Hall–Kier alpha value is -0.820. The first-order valence-corrected chi connectivity index (χ1v) is 7.39. The Bertz CT molecular complexity index is 465. The first kappa shape index (κ1) is 13.2. The lowest BCUT2D eigenvalue weighted by Gasteiger charge is -2.05. The number of halogens is 2. The van der Waals surface area contributed by atoms with Gasteiger partial charge < -0.3 is 5.73 Å². The Labute approximate surface area is 96.9 Å². The zero-order valence-electron chi connectivity index (χ0n) is 8.54. The van der Waals surface area contributed by atoms with Crippen LogP contribution >= 0.6 is 11.8 Å². The molecule has 90 valence electrons. The molecule has 0 unspecified atom stereocenters. The fraction of sp³-hybridized carbons (Fsp3) is 0.333. The predicted octanol–water partition coefficient (Wildman–Crippen LogP) is 1.68. The standard InChI is InChI=1S/C9H11F2NO2S2/c1-16(13,14)3-2-15-9-7(10)4-6(12)5-8(9)11/h4-5H,2-3,12H2,1H3. The fourth-order valence-electron chi connectivity index (χ4n) is 1.01. The van der Waals surface area contributed by atoms with E-state index < -0.39 is 21.5 Å². The third-order valence-electron chi connectivity index (χ3n) is 1.72. The highest BCUT2D eigenvalue weighted by Crippen LogP contribution is 2.27. The minimum atomic E-state index is -3.12. The Kier molecular flexibility index (Phi) is 4.15. The molecule has 1 aromatic rings. The van der Waals surface area contributed by atoms with Crippen LogP contribution in [0.25, 0.3) is 0 Å². The molecule has 0 bridgehead atoms. The number of nitrogens with two attached hydrogens (primary N) is 1. The van der Waals surface area contributed by atoms with Crippen molar-refractivity contribution in [1.29, 1.82) is 0 Å². The number of anilines is 1. The summed E-state index contributed by atoms with van der Waals surface area (Å²) < 4.78 is 48.1. The van der Waals surface area contributed by atoms with Crippen molar-refractivity contribution in [3.63, 3.8) is 0 Å². The number of nitrogen functional groups attached to an aromatic ring is 1. The van der Waals surface area contributed by atoms with Gasteiger partial charge >= 0.3 is 0 Å². The smallest absolute Gasteiger partial charge is 0.148 e. The molecule has 0 aliphatic rings. The molecule has 0 aromatic heterocycles. The third-order valence-corrected chi connectivity index (χ3v) is 4.01. The fourth-order valence-corrected chi connectivity index (χ4v) is 3.15. The Balaban J connectivity index is 2.75. The van der Waals surface area contributed by atoms with E-state index in [1.54, 1.807) is 0 Å². The predicted molar refractivity (Wildman–Crippen MR) is 61.2 cm³/mol. The molecule has 2 N–H and O–H groups in total. The normalized spacial score (nSPS) is 11.7. The number of rotatable bonds is 4. The van der Waals surface area contributed by atoms with Gasteiger partial charge in [-0.3, -0.25) is 0 Å². The van der Waals surface area contributed by atoms with E-state index in [0.717, 1.165) is 30.2 Å². The largest absolute Gasteiger partial charge is 0.399 e. The van der Waals surface area contributed by atoms with Gasteiger partial charge in [0.25, 0.3) is 0 Å². The zero-order valence-corrected chi connectivity index (χ0v) is 10.2. The highest BCUT2D eigenvalue weighted by molar-refractivity contribution is 8.00. The van der Waals surface area contributed by atoms with Gasteiger partial charge in [-0.05, 0) is 12.1 Å². The molecule has 0 radical (unpaired) electrons. The lowest BCUT2D eigenvalue weighted by Crippen LogP contribution is -2.05. The van der Waals surface area contributed by atoms with E-state index in [9.17, 15) is 17.2 Å². The second-order valence-electron chi connectivity index (χ2n) is 3.29. The molecule has 0 heterocycles. The number of sulfone groups is 1. The van der Waals surface area contributed by atoms with E-state index in [2.05, 4.69) is 0 Å². The van der Waals surface area contributed by atoms with Crippen LogP contribution in [-0.2, 0) is 9.84 Å². The molecular formula is C9H11F2NO2S2. The van der Waals surface area contributed by atoms with Gasteiger partial charge in [0.15, 0.2) is 0 Å². The van der Waals surface area contributed by atoms with Crippen molar-refractivity contribution in [3.8, 4) is 0 Å². The van der Waals surface area contributed by atoms with Crippen molar-refractivity contribution in [2.45, 2.75) is 4.90 Å². The van der Waals surface area contributed by atoms with Crippen molar-refractivity contribution in [3.05, 3.63) is 23.8 Å². The van der Waals surface area contributed by atoms with Crippen LogP contribution < -0.4 is 5.73 Å². The van der Waals surface area contributed by atoms with Crippen molar-refractivity contribution in [2.24, 2.45) is 0 Å². The van der Waals surface area contributed by atoms with Crippen LogP contribution in [0.5, 0.6) is 0 Å². The summed E-state index contributed by atoms with van der Waals surface area (Å²) in [4.78, 5) is -0.196. The van der Waals surface area contributed by atoms with Crippen LogP contribution in [0.1, 0.15) is 0 Å². The quantitative estimate of drug-likeness (QED) is 0.666. The molecule has 0 fully saturated rings. The minimum absolute atomic E-state index is 0.00228. The van der Waals surface area contributed by atoms with Crippen LogP contribution in [0, 0.1) is 11.6 Å². The maximum Gasteiger partial charge on any atom is 0.148 e. The second-order valence-corrected chi connectivity index (χ2v) is 6.66. The van der Waals surface area contributed by atoms with Crippen LogP contribution in [-0.4, -0.2) is 26.2 Å². The third kappa shape index (κ3) is 3.97. The van der Waals surface area contributed by atoms with E-state index in [0.29, 0.717) is 0 Å². The van der Waals surface area contributed by atoms with Crippen molar-refractivity contribution >= 4 is 27.3 Å². The summed E-state index contributed by atoms with van der Waals surface area (Å²) in [7, 11) is -3.12. The van der Waals surface area contributed by atoms with E-state index >= 15 is 0 Å². The number of benzene rings is 1. The highest BCUT2D eigenvalue weighted by Gasteiger charge is 2.12. The Morgan fingerprint density at radius 3 is 2.25 bits per heavy atom. The van der Waals surface area contributed by atoms with Crippen LogP contribution in [0.3, 0.4) is 0 Å². The summed E-state index contributed by atoms with van der Waals surface area (Å²) in [6.45, 7) is 0. The maximum atomic E-state index is 13.2. The summed E-state index contributed by atoms with van der Waals surface area (Å²) >= 11 is 0.825. The van der Waals surface area contributed by atoms with Gasteiger partial charge in [-0.1, -0.05) is 0 Å². The molecule has 1 rings (SSSR count). The SMILES string of the molecule is CS(=O)(=O)CCSc1c(F)cc(N)cc1F. The number of hydrogen-bond acceptors (Lipinski definition) is 4. The molecule has 0 saturated carbocycles. The van der Waals surface area contributed by atoms with E-state index in [-0.39, 0.29) is 22.1 Å². The average molecular weight is 267 g/mol. The second kappa shape index (κ2) is 5.01. The minimum Gasteiger partial charge on any atom is -0.399 e. The molecule has 0 aliphatic carbocycles. The lowest BCUT2D eigenvalue weighted by atomic mass is 10.3. The van der Waals surface area contributed by atoms with Crippen molar-refractivity contribution in [2.75, 3.05) is 23.5 Å². The summed E-state index contributed by atoms with van der Waals surface area (Å²) in [6.07, 6.45) is 1.07. The first-order valence-electron chi connectivity index (χ1n) is 4.34. The summed E-state index contributed by atoms with van der Waals surface area (Å²) in [5, 5.41) is 0. The first-order chi connectivity index (χ1) is 7.29. The topological polar surface area (TPSA) is 60.2 Å². The average Bonchev–Trinajstić information content (AvgIpc) is 2.07. The van der Waals surface area contributed by atoms with Crippen LogP contribution in [0.15, 0.2) is 17.0 Å². The molecule has 0 saturated heterocycles. The van der Waals surface area contributed by atoms with E-state index in [1.807, 2.05) is 0 Å². The molecule has 0 atom stereocenters. The monoisotopic (exact) mass is 267 g/mol. The van der Waals surface area contributed by atoms with E-state index in [4.69, 9.17) is 5.73 Å². The summed E-state index contributed by atoms with van der Waals surface area (Å²) in [5.74, 6) is -1.55. The van der Waals surface area contributed by atoms with Gasteiger partial charge in [-0.25, -0.2) is 17.2 Å². The Morgan fingerprint density at radius 1 is 1.31 bits per heavy atom. The Morgan fingerprint density at radius 2 is 1.81 bits per heavy atom. The highest BCUT2D eigenvalue weighted by atomic mass is 32.2.